The quantitative estimate of drug-likeness (QED) is 0.573. The summed E-state index contributed by atoms with van der Waals surface area (Å²) in [6.07, 6.45) is 7.73. The van der Waals surface area contributed by atoms with Crippen molar-refractivity contribution >= 4 is 0 Å². The fourth-order valence-electron chi connectivity index (χ4n) is 4.80. The van der Waals surface area contributed by atoms with Crippen LogP contribution in [0.2, 0.25) is 0 Å². The van der Waals surface area contributed by atoms with Crippen molar-refractivity contribution in [2.75, 3.05) is 0 Å². The van der Waals surface area contributed by atoms with Crippen LogP contribution >= 0.6 is 0 Å². The number of hydrogen-bond donors (Lipinski definition) is 0. The molecule has 2 atom stereocenters. The molecule has 25 heavy (non-hydrogen) atoms. The highest BCUT2D eigenvalue weighted by atomic mass is 14.7. The first-order chi connectivity index (χ1) is 12.4. The van der Waals surface area contributed by atoms with Gasteiger partial charge in [-0.1, -0.05) is 60.7 Å². The molecule has 0 radical (unpaired) electrons. The molecule has 3 aliphatic carbocycles. The third-order valence-electron chi connectivity index (χ3n) is 6.32. The van der Waals surface area contributed by atoms with Crippen molar-refractivity contribution in [2.45, 2.75) is 25.7 Å². The van der Waals surface area contributed by atoms with E-state index in [-0.39, 0.29) is 0 Å². The van der Waals surface area contributed by atoms with Gasteiger partial charge in [-0.05, 0) is 60.6 Å². The molecule has 2 bridgehead atoms. The number of benzene rings is 2. The second-order valence-corrected chi connectivity index (χ2v) is 7.70. The van der Waals surface area contributed by atoms with Gasteiger partial charge < -0.3 is 0 Å². The van der Waals surface area contributed by atoms with E-state index in [0.717, 1.165) is 23.4 Å². The van der Waals surface area contributed by atoms with Gasteiger partial charge in [0.1, 0.15) is 0 Å². The Bertz CT molecular complexity index is 835. The molecule has 0 saturated heterocycles. The molecular weight excluding hydrogens is 302 g/mol. The summed E-state index contributed by atoms with van der Waals surface area (Å²) >= 11 is 0. The summed E-state index contributed by atoms with van der Waals surface area (Å²) in [5.74, 6) is 3.02. The van der Waals surface area contributed by atoms with Crippen LogP contribution in [0.15, 0.2) is 72.9 Å². The van der Waals surface area contributed by atoms with Crippen molar-refractivity contribution in [1.82, 2.24) is 4.98 Å². The molecule has 3 aliphatic rings. The van der Waals surface area contributed by atoms with Crippen LogP contribution in [-0.4, -0.2) is 4.98 Å². The van der Waals surface area contributed by atoms with Crippen LogP contribution in [0.4, 0.5) is 0 Å². The van der Waals surface area contributed by atoms with Gasteiger partial charge in [-0.25, -0.2) is 0 Å². The maximum absolute atomic E-state index is 4.65. The maximum atomic E-state index is 4.65. The van der Waals surface area contributed by atoms with E-state index in [2.05, 4.69) is 65.6 Å². The number of hydrogen-bond acceptors (Lipinski definition) is 1. The van der Waals surface area contributed by atoms with E-state index in [1.165, 1.54) is 47.9 Å². The van der Waals surface area contributed by atoms with Crippen LogP contribution in [0, 0.1) is 17.8 Å². The minimum Gasteiger partial charge on any atom is -0.256 e. The zero-order valence-corrected chi connectivity index (χ0v) is 14.4. The summed E-state index contributed by atoms with van der Waals surface area (Å²) < 4.78 is 0. The standard InChI is InChI=1S/C24H23N/c1-2-4-19(5-3-1)24-13-12-22(16-25-24)18-8-6-17(7-9-18)14-23-20-10-11-21(23)15-20/h1-9,12-13,16,20-21,23H,10-11,14-15H2. The van der Waals surface area contributed by atoms with Crippen LogP contribution in [0.25, 0.3) is 22.4 Å². The number of rotatable bonds is 4. The number of fused-ring (bicyclic) bond motifs is 1. The summed E-state index contributed by atoms with van der Waals surface area (Å²) in [5.41, 5.74) is 6.14. The molecule has 3 fully saturated rings. The highest BCUT2D eigenvalue weighted by molar-refractivity contribution is 5.66. The van der Waals surface area contributed by atoms with Crippen molar-refractivity contribution in [3.63, 3.8) is 0 Å². The monoisotopic (exact) mass is 325 g/mol. The predicted molar refractivity (Wildman–Crippen MR) is 103 cm³/mol. The van der Waals surface area contributed by atoms with Gasteiger partial charge in [0.25, 0.3) is 0 Å². The van der Waals surface area contributed by atoms with Gasteiger partial charge in [0.15, 0.2) is 0 Å². The zero-order valence-electron chi connectivity index (χ0n) is 14.4. The van der Waals surface area contributed by atoms with Gasteiger partial charge in [-0.15, -0.1) is 0 Å². The van der Waals surface area contributed by atoms with Crippen molar-refractivity contribution < 1.29 is 0 Å². The van der Waals surface area contributed by atoms with Crippen LogP contribution in [0.1, 0.15) is 24.8 Å². The van der Waals surface area contributed by atoms with Crippen molar-refractivity contribution in [1.29, 1.82) is 0 Å². The van der Waals surface area contributed by atoms with Crippen molar-refractivity contribution in [2.24, 2.45) is 17.8 Å². The lowest BCUT2D eigenvalue weighted by Gasteiger charge is -2.36. The lowest BCUT2D eigenvalue weighted by molar-refractivity contribution is 0.157. The van der Waals surface area contributed by atoms with E-state index in [9.17, 15) is 0 Å². The Hall–Kier alpha value is -2.41. The minimum atomic E-state index is 0.970. The lowest BCUT2D eigenvalue weighted by atomic mass is 9.69. The average Bonchev–Trinajstić information content (AvgIpc) is 3.32. The van der Waals surface area contributed by atoms with Gasteiger partial charge in [0, 0.05) is 17.3 Å². The molecule has 1 nitrogen and oxygen atoms in total. The second-order valence-electron chi connectivity index (χ2n) is 7.70. The van der Waals surface area contributed by atoms with E-state index in [0.29, 0.717) is 0 Å². The Balaban J connectivity index is 1.31. The van der Waals surface area contributed by atoms with Gasteiger partial charge in [0.05, 0.1) is 5.69 Å². The molecule has 124 valence electrons. The Labute approximate surface area is 149 Å². The number of aromatic nitrogens is 1. The first-order valence-electron chi connectivity index (χ1n) is 9.47. The van der Waals surface area contributed by atoms with Gasteiger partial charge in [-0.3, -0.25) is 4.98 Å². The molecule has 6 rings (SSSR count). The molecule has 0 N–H and O–H groups in total. The van der Waals surface area contributed by atoms with E-state index in [4.69, 9.17) is 0 Å². The van der Waals surface area contributed by atoms with Crippen LogP contribution in [0.3, 0.4) is 0 Å². The van der Waals surface area contributed by atoms with Crippen LogP contribution in [-0.2, 0) is 6.42 Å². The molecule has 1 heterocycles. The van der Waals surface area contributed by atoms with Crippen molar-refractivity contribution in [3.8, 4) is 22.4 Å². The molecule has 0 amide bonds. The van der Waals surface area contributed by atoms with Gasteiger partial charge in [0.2, 0.25) is 0 Å². The normalized spacial score (nSPS) is 24.1. The number of pyridine rings is 1. The van der Waals surface area contributed by atoms with E-state index >= 15 is 0 Å². The largest absolute Gasteiger partial charge is 0.256 e. The molecule has 0 aliphatic heterocycles. The summed E-state index contributed by atoms with van der Waals surface area (Å²) in [7, 11) is 0. The highest BCUT2D eigenvalue weighted by Crippen LogP contribution is 2.54. The van der Waals surface area contributed by atoms with Crippen LogP contribution < -0.4 is 0 Å². The average molecular weight is 325 g/mol. The van der Waals surface area contributed by atoms with E-state index in [1.54, 1.807) is 0 Å². The molecule has 0 spiro atoms. The predicted octanol–water partition coefficient (Wildman–Crippen LogP) is 6.00. The summed E-state index contributed by atoms with van der Waals surface area (Å²) in [4.78, 5) is 4.65. The first-order valence-corrected chi connectivity index (χ1v) is 9.47. The lowest BCUT2D eigenvalue weighted by Crippen LogP contribution is -2.29. The molecular formula is C24H23N. The van der Waals surface area contributed by atoms with E-state index in [1.807, 2.05) is 12.3 Å². The first kappa shape index (κ1) is 14.9. The molecule has 1 heteroatoms. The van der Waals surface area contributed by atoms with Gasteiger partial charge >= 0.3 is 0 Å². The molecule has 3 aromatic rings. The van der Waals surface area contributed by atoms with Crippen molar-refractivity contribution in [3.05, 3.63) is 78.5 Å². The SMILES string of the molecule is c1ccc(-c2ccc(-c3ccc(CC4C5CCC4C5)cc3)cn2)cc1. The maximum Gasteiger partial charge on any atom is 0.0702 e. The fourth-order valence-corrected chi connectivity index (χ4v) is 4.80. The van der Waals surface area contributed by atoms with E-state index < -0.39 is 0 Å². The summed E-state index contributed by atoms with van der Waals surface area (Å²) in [5, 5.41) is 0. The molecule has 1 aromatic heterocycles. The molecule has 3 saturated carbocycles. The Morgan fingerprint density at radius 3 is 2.08 bits per heavy atom. The Kier molecular flexibility index (Phi) is 3.66. The summed E-state index contributed by atoms with van der Waals surface area (Å²) in [6.45, 7) is 0. The Morgan fingerprint density at radius 1 is 0.720 bits per heavy atom. The van der Waals surface area contributed by atoms with Crippen LogP contribution in [0.5, 0.6) is 0 Å². The topological polar surface area (TPSA) is 12.9 Å². The smallest absolute Gasteiger partial charge is 0.0702 e. The summed E-state index contributed by atoms with van der Waals surface area (Å²) in [6, 6.07) is 23.8. The van der Waals surface area contributed by atoms with Gasteiger partial charge in [-0.2, -0.15) is 0 Å². The highest BCUT2D eigenvalue weighted by Gasteiger charge is 2.45. The Morgan fingerprint density at radius 2 is 1.44 bits per heavy atom. The zero-order chi connectivity index (χ0) is 16.6. The fraction of sp³-hybridized carbons (Fsp3) is 0.292. The molecule has 2 unspecified atom stereocenters. The third kappa shape index (κ3) is 2.78. The second kappa shape index (κ2) is 6.15. The number of nitrogens with zero attached hydrogens (tertiary/aromatic N) is 1. The third-order valence-corrected chi connectivity index (χ3v) is 6.32. The molecule has 2 aromatic carbocycles. The minimum absolute atomic E-state index is 0.970.